The molecule has 0 unspecified atom stereocenters. The molecule has 0 spiro atoms. The van der Waals surface area contributed by atoms with Crippen LogP contribution in [0.3, 0.4) is 0 Å². The Morgan fingerprint density at radius 1 is 1.64 bits per heavy atom. The number of nitrogens with zero attached hydrogens (tertiary/aromatic N) is 1. The second kappa shape index (κ2) is 3.63. The van der Waals surface area contributed by atoms with E-state index in [0.29, 0.717) is 5.69 Å². The van der Waals surface area contributed by atoms with Crippen molar-refractivity contribution in [1.29, 1.82) is 0 Å². The second-order valence-corrected chi connectivity index (χ2v) is 3.58. The van der Waals surface area contributed by atoms with Crippen molar-refractivity contribution in [2.75, 3.05) is 7.05 Å². The quantitative estimate of drug-likeness (QED) is 0.818. The summed E-state index contributed by atoms with van der Waals surface area (Å²) in [6, 6.07) is 5.48. The Balaban J connectivity index is 2.31. The molecule has 0 aliphatic carbocycles. The van der Waals surface area contributed by atoms with Gasteiger partial charge in [-0.2, -0.15) is 0 Å². The molecule has 4 nitrogen and oxygen atoms in total. The number of hydrogen-bond donors (Lipinski definition) is 1. The zero-order valence-corrected chi connectivity index (χ0v) is 8.30. The van der Waals surface area contributed by atoms with Crippen molar-refractivity contribution < 1.29 is 9.32 Å². The van der Waals surface area contributed by atoms with Gasteiger partial charge in [0.15, 0.2) is 0 Å². The molecule has 72 valence electrons. The zero-order chi connectivity index (χ0) is 9.97. The van der Waals surface area contributed by atoms with Gasteiger partial charge in [0, 0.05) is 13.1 Å². The normalized spacial score (nSPS) is 10.1. The first kappa shape index (κ1) is 8.96. The summed E-state index contributed by atoms with van der Waals surface area (Å²) in [7, 11) is 1.55. The molecule has 2 aromatic heterocycles. The molecule has 0 radical (unpaired) electrons. The van der Waals surface area contributed by atoms with Gasteiger partial charge >= 0.3 is 0 Å². The fourth-order valence-electron chi connectivity index (χ4n) is 1.05. The van der Waals surface area contributed by atoms with Crippen LogP contribution in [0.4, 0.5) is 0 Å². The molecule has 0 aliphatic rings. The number of rotatable bonds is 2. The van der Waals surface area contributed by atoms with Crippen LogP contribution in [-0.2, 0) is 0 Å². The maximum atomic E-state index is 11.2. The second-order valence-electron chi connectivity index (χ2n) is 2.63. The van der Waals surface area contributed by atoms with E-state index in [1.807, 2.05) is 17.5 Å². The Kier molecular flexibility index (Phi) is 2.32. The average molecular weight is 208 g/mol. The minimum Gasteiger partial charge on any atom is -0.352 e. The Bertz CT molecular complexity index is 433. The maximum absolute atomic E-state index is 11.2. The fourth-order valence-corrected chi connectivity index (χ4v) is 1.72. The lowest BCUT2D eigenvalue weighted by molar-refractivity contribution is 0.0926. The number of amides is 1. The van der Waals surface area contributed by atoms with E-state index < -0.39 is 0 Å². The number of aromatic nitrogens is 1. The van der Waals surface area contributed by atoms with Crippen LogP contribution in [0.25, 0.3) is 10.6 Å². The third-order valence-electron chi connectivity index (χ3n) is 1.73. The van der Waals surface area contributed by atoms with Crippen molar-refractivity contribution in [1.82, 2.24) is 10.5 Å². The van der Waals surface area contributed by atoms with Crippen LogP contribution < -0.4 is 5.32 Å². The van der Waals surface area contributed by atoms with Crippen LogP contribution in [0, 0.1) is 0 Å². The lowest BCUT2D eigenvalue weighted by atomic mass is 10.3. The van der Waals surface area contributed by atoms with Crippen LogP contribution >= 0.6 is 11.3 Å². The third-order valence-corrected chi connectivity index (χ3v) is 2.63. The summed E-state index contributed by atoms with van der Waals surface area (Å²) in [6.45, 7) is 0. The fraction of sp³-hybridized carbons (Fsp3) is 0.111. The molecule has 2 aromatic rings. The van der Waals surface area contributed by atoms with Crippen molar-refractivity contribution in [2.45, 2.75) is 0 Å². The summed E-state index contributed by atoms with van der Waals surface area (Å²) in [6.07, 6.45) is 0. The number of hydrogen-bond acceptors (Lipinski definition) is 4. The van der Waals surface area contributed by atoms with E-state index in [-0.39, 0.29) is 11.7 Å². The smallest absolute Gasteiger partial charge is 0.289 e. The van der Waals surface area contributed by atoms with Crippen molar-refractivity contribution >= 4 is 17.2 Å². The summed E-state index contributed by atoms with van der Waals surface area (Å²) >= 11 is 1.55. The van der Waals surface area contributed by atoms with E-state index in [1.54, 1.807) is 24.5 Å². The van der Waals surface area contributed by atoms with E-state index in [4.69, 9.17) is 4.52 Å². The molecule has 0 atom stereocenters. The minimum atomic E-state index is -0.264. The van der Waals surface area contributed by atoms with Crippen LogP contribution in [0.5, 0.6) is 0 Å². The first-order valence-electron chi connectivity index (χ1n) is 4.04. The molecule has 0 fully saturated rings. The molecule has 14 heavy (non-hydrogen) atoms. The summed E-state index contributed by atoms with van der Waals surface area (Å²) in [4.78, 5) is 12.1. The summed E-state index contributed by atoms with van der Waals surface area (Å²) in [5.41, 5.74) is 0.693. The molecule has 0 aliphatic heterocycles. The summed E-state index contributed by atoms with van der Waals surface area (Å²) in [5.74, 6) is -0.0313. The Labute approximate surface area is 84.5 Å². The van der Waals surface area contributed by atoms with Crippen molar-refractivity contribution in [3.8, 4) is 10.6 Å². The molecule has 0 saturated carbocycles. The average Bonchev–Trinajstić information content (AvgIpc) is 2.86. The van der Waals surface area contributed by atoms with Gasteiger partial charge in [-0.05, 0) is 11.4 Å². The Morgan fingerprint density at radius 3 is 3.14 bits per heavy atom. The first-order valence-corrected chi connectivity index (χ1v) is 4.92. The number of carbonyl (C=O) groups is 1. The van der Waals surface area contributed by atoms with Gasteiger partial charge in [0.1, 0.15) is 5.69 Å². The molecule has 2 rings (SSSR count). The summed E-state index contributed by atoms with van der Waals surface area (Å²) < 4.78 is 4.89. The molecule has 0 bridgehead atoms. The lowest BCUT2D eigenvalue weighted by Gasteiger charge is -1.88. The standard InChI is InChI=1S/C9H8N2O2S/c1-10-9(12)7-5-6(11-13-7)8-3-2-4-14-8/h2-5H,1H3,(H,10,12). The van der Waals surface area contributed by atoms with Gasteiger partial charge in [-0.15, -0.1) is 11.3 Å². The van der Waals surface area contributed by atoms with Crippen molar-refractivity contribution in [3.05, 3.63) is 29.3 Å². The van der Waals surface area contributed by atoms with Gasteiger partial charge < -0.3 is 9.84 Å². The maximum Gasteiger partial charge on any atom is 0.289 e. The van der Waals surface area contributed by atoms with Crippen LogP contribution in [0.2, 0.25) is 0 Å². The largest absolute Gasteiger partial charge is 0.352 e. The Morgan fingerprint density at radius 2 is 2.50 bits per heavy atom. The highest BCUT2D eigenvalue weighted by molar-refractivity contribution is 7.13. The molecular formula is C9H8N2O2S. The van der Waals surface area contributed by atoms with Crippen LogP contribution in [-0.4, -0.2) is 18.1 Å². The zero-order valence-electron chi connectivity index (χ0n) is 7.48. The van der Waals surface area contributed by atoms with Crippen molar-refractivity contribution in [3.63, 3.8) is 0 Å². The molecule has 2 heterocycles. The predicted molar refractivity (Wildman–Crippen MR) is 53.2 cm³/mol. The molecular weight excluding hydrogens is 200 g/mol. The van der Waals surface area contributed by atoms with Gasteiger partial charge in [-0.3, -0.25) is 4.79 Å². The highest BCUT2D eigenvalue weighted by Crippen LogP contribution is 2.23. The SMILES string of the molecule is CNC(=O)c1cc(-c2cccs2)no1. The number of nitrogens with one attached hydrogen (secondary N) is 1. The van der Waals surface area contributed by atoms with Gasteiger partial charge in [-0.1, -0.05) is 11.2 Å². The van der Waals surface area contributed by atoms with Crippen molar-refractivity contribution in [2.24, 2.45) is 0 Å². The minimum absolute atomic E-state index is 0.232. The molecule has 0 saturated heterocycles. The van der Waals surface area contributed by atoms with E-state index in [0.717, 1.165) is 4.88 Å². The highest BCUT2D eigenvalue weighted by Gasteiger charge is 2.12. The topological polar surface area (TPSA) is 55.1 Å². The monoisotopic (exact) mass is 208 g/mol. The lowest BCUT2D eigenvalue weighted by Crippen LogP contribution is -2.16. The van der Waals surface area contributed by atoms with Gasteiger partial charge in [0.2, 0.25) is 5.76 Å². The third kappa shape index (κ3) is 1.54. The molecule has 0 aromatic carbocycles. The predicted octanol–water partition coefficient (Wildman–Crippen LogP) is 1.76. The first-order chi connectivity index (χ1) is 6.81. The van der Waals surface area contributed by atoms with E-state index in [1.165, 1.54) is 0 Å². The van der Waals surface area contributed by atoms with E-state index in [2.05, 4.69) is 10.5 Å². The van der Waals surface area contributed by atoms with Crippen LogP contribution in [0.15, 0.2) is 28.1 Å². The van der Waals surface area contributed by atoms with Gasteiger partial charge in [-0.25, -0.2) is 0 Å². The van der Waals surface area contributed by atoms with E-state index >= 15 is 0 Å². The molecule has 1 amide bonds. The number of carbonyl (C=O) groups excluding carboxylic acids is 1. The van der Waals surface area contributed by atoms with E-state index in [9.17, 15) is 4.79 Å². The molecule has 5 heteroatoms. The molecule has 1 N–H and O–H groups in total. The summed E-state index contributed by atoms with van der Waals surface area (Å²) in [5, 5.41) is 8.22. The highest BCUT2D eigenvalue weighted by atomic mass is 32.1. The van der Waals surface area contributed by atoms with Gasteiger partial charge in [0.25, 0.3) is 5.91 Å². The van der Waals surface area contributed by atoms with Crippen LogP contribution in [0.1, 0.15) is 10.6 Å². The number of thiophene rings is 1. The van der Waals surface area contributed by atoms with Gasteiger partial charge in [0.05, 0.1) is 4.88 Å². The Hall–Kier alpha value is -1.62.